The second kappa shape index (κ2) is 9.80. The van der Waals surface area contributed by atoms with E-state index in [0.29, 0.717) is 26.1 Å². The largest absolute Gasteiger partial charge is 0.486 e. The first kappa shape index (κ1) is 22.9. The van der Waals surface area contributed by atoms with Gasteiger partial charge in [-0.3, -0.25) is 9.29 Å². The molecule has 3 atom stereocenters. The van der Waals surface area contributed by atoms with E-state index in [1.54, 1.807) is 0 Å². The number of aromatic amines is 1. The Morgan fingerprint density at radius 1 is 1.18 bits per heavy atom. The first-order valence-corrected chi connectivity index (χ1v) is 12.4. The topological polar surface area (TPSA) is 51.7 Å². The van der Waals surface area contributed by atoms with Crippen molar-refractivity contribution >= 4 is 10.9 Å². The molecule has 1 saturated heterocycles. The van der Waals surface area contributed by atoms with Crippen LogP contribution in [0.3, 0.4) is 0 Å². The number of benzene rings is 2. The molecular weight excluding hydrogens is 429 g/mol. The normalized spacial score (nSPS) is 22.8. The number of β-amino-alcohol motifs (C(OH)–C–C–N with tert-alkyl or cyclic N) is 1. The van der Waals surface area contributed by atoms with Crippen LogP contribution in [0, 0.1) is 0 Å². The third-order valence-electron chi connectivity index (χ3n) is 7.25. The molecule has 2 aliphatic heterocycles. The summed E-state index contributed by atoms with van der Waals surface area (Å²) in [5.74, 6) is 0.744. The minimum Gasteiger partial charge on any atom is -0.486 e. The van der Waals surface area contributed by atoms with Crippen molar-refractivity contribution < 1.29 is 14.2 Å². The molecule has 0 bridgehead atoms. The van der Waals surface area contributed by atoms with Crippen molar-refractivity contribution in [2.75, 3.05) is 32.9 Å². The molecule has 5 nitrogen and oxygen atoms in total. The number of likely N-dealkylation sites (tertiary alicyclic amines) is 1. The number of alkyl halides is 1. The lowest BCUT2D eigenvalue weighted by atomic mass is 9.91. The Balaban J connectivity index is 1.39. The quantitative estimate of drug-likeness (QED) is 0.503. The SMILES string of the molecule is C=C(CC)N1CCc2c([nH]c3ccccc23)[C@H]1c1ccc(O[C@@H]2CN(CCCF)C[C@H]2O)cc1. The van der Waals surface area contributed by atoms with Gasteiger partial charge < -0.3 is 19.7 Å². The molecule has 1 aromatic heterocycles. The molecule has 2 aromatic carbocycles. The summed E-state index contributed by atoms with van der Waals surface area (Å²) in [6, 6.07) is 16.8. The number of nitrogens with zero attached hydrogens (tertiary/aromatic N) is 2. The third kappa shape index (κ3) is 4.32. The fraction of sp³-hybridized carbons (Fsp3) is 0.429. The molecule has 6 heteroatoms. The van der Waals surface area contributed by atoms with E-state index in [2.05, 4.69) is 64.7 Å². The van der Waals surface area contributed by atoms with Gasteiger partial charge in [-0.1, -0.05) is 43.8 Å². The summed E-state index contributed by atoms with van der Waals surface area (Å²) in [5.41, 5.74) is 6.13. The van der Waals surface area contributed by atoms with Crippen molar-refractivity contribution in [3.63, 3.8) is 0 Å². The van der Waals surface area contributed by atoms with Crippen LogP contribution in [-0.2, 0) is 6.42 Å². The molecule has 0 aliphatic carbocycles. The number of ether oxygens (including phenoxy) is 1. The highest BCUT2D eigenvalue weighted by Crippen LogP contribution is 2.40. The van der Waals surface area contributed by atoms with Gasteiger partial charge in [0.1, 0.15) is 18.0 Å². The second-order valence-electron chi connectivity index (χ2n) is 9.42. The van der Waals surface area contributed by atoms with E-state index >= 15 is 0 Å². The van der Waals surface area contributed by atoms with Crippen LogP contribution in [0.15, 0.2) is 60.8 Å². The van der Waals surface area contributed by atoms with Crippen LogP contribution < -0.4 is 4.74 Å². The van der Waals surface area contributed by atoms with E-state index in [-0.39, 0.29) is 18.8 Å². The molecular formula is C28H34FN3O2. The van der Waals surface area contributed by atoms with Crippen LogP contribution in [0.5, 0.6) is 5.75 Å². The summed E-state index contributed by atoms with van der Waals surface area (Å²) in [5, 5.41) is 11.7. The highest BCUT2D eigenvalue weighted by molar-refractivity contribution is 5.85. The number of allylic oxidation sites excluding steroid dienone is 1. The van der Waals surface area contributed by atoms with E-state index in [4.69, 9.17) is 4.74 Å². The Hall–Kier alpha value is -2.83. The number of aromatic nitrogens is 1. The molecule has 2 N–H and O–H groups in total. The molecule has 0 spiro atoms. The highest BCUT2D eigenvalue weighted by atomic mass is 19.1. The Morgan fingerprint density at radius 3 is 2.74 bits per heavy atom. The van der Waals surface area contributed by atoms with Crippen molar-refractivity contribution in [3.05, 3.63) is 77.6 Å². The van der Waals surface area contributed by atoms with E-state index in [1.165, 1.54) is 27.7 Å². The molecule has 0 radical (unpaired) electrons. The average Bonchev–Trinajstić information content (AvgIpc) is 3.41. The van der Waals surface area contributed by atoms with E-state index in [0.717, 1.165) is 30.8 Å². The Bertz CT molecular complexity index is 1140. The van der Waals surface area contributed by atoms with Gasteiger partial charge >= 0.3 is 0 Å². The number of fused-ring (bicyclic) bond motifs is 3. The van der Waals surface area contributed by atoms with Gasteiger partial charge in [0.05, 0.1) is 12.7 Å². The third-order valence-corrected chi connectivity index (χ3v) is 7.25. The molecule has 3 heterocycles. The molecule has 1 fully saturated rings. The van der Waals surface area contributed by atoms with Crippen molar-refractivity contribution in [1.82, 2.24) is 14.8 Å². The van der Waals surface area contributed by atoms with Gasteiger partial charge in [-0.15, -0.1) is 0 Å². The lowest BCUT2D eigenvalue weighted by molar-refractivity contribution is 0.0736. The van der Waals surface area contributed by atoms with Gasteiger partial charge in [0, 0.05) is 48.5 Å². The standard InChI is InChI=1S/C28H34FN3O2/c1-3-19(2)32-16-13-23-22-7-4-5-8-24(22)30-27(23)28(32)20-9-11-21(12-10-20)34-26-18-31(15-6-14-29)17-25(26)33/h4-5,7-12,25-26,28,30,33H,2-3,6,13-18H2,1H3/t25-,26-,28-/m1/s1. The van der Waals surface area contributed by atoms with Gasteiger partial charge in [0.2, 0.25) is 0 Å². The van der Waals surface area contributed by atoms with Gasteiger partial charge in [-0.2, -0.15) is 0 Å². The fourth-order valence-corrected chi connectivity index (χ4v) is 5.45. The van der Waals surface area contributed by atoms with Gasteiger partial charge in [-0.25, -0.2) is 0 Å². The molecule has 0 unspecified atom stereocenters. The fourth-order valence-electron chi connectivity index (χ4n) is 5.45. The zero-order chi connectivity index (χ0) is 23.7. The Labute approximate surface area is 200 Å². The predicted octanol–water partition coefficient (Wildman–Crippen LogP) is 4.82. The molecule has 180 valence electrons. The first-order chi connectivity index (χ1) is 16.6. The number of hydrogen-bond acceptors (Lipinski definition) is 4. The molecule has 5 rings (SSSR count). The van der Waals surface area contributed by atoms with E-state index in [9.17, 15) is 9.50 Å². The lowest BCUT2D eigenvalue weighted by Gasteiger charge is -2.39. The number of hydrogen-bond donors (Lipinski definition) is 2. The summed E-state index contributed by atoms with van der Waals surface area (Å²) >= 11 is 0. The zero-order valence-electron chi connectivity index (χ0n) is 19.8. The highest BCUT2D eigenvalue weighted by Gasteiger charge is 2.34. The first-order valence-electron chi connectivity index (χ1n) is 12.4. The monoisotopic (exact) mass is 463 g/mol. The summed E-state index contributed by atoms with van der Waals surface area (Å²) in [6.45, 7) is 8.91. The van der Waals surface area contributed by atoms with Crippen molar-refractivity contribution in [3.8, 4) is 5.75 Å². The van der Waals surface area contributed by atoms with Gasteiger partial charge in [0.15, 0.2) is 0 Å². The van der Waals surface area contributed by atoms with Gasteiger partial charge in [0.25, 0.3) is 0 Å². The number of halogens is 1. The van der Waals surface area contributed by atoms with E-state index < -0.39 is 6.10 Å². The summed E-state index contributed by atoms with van der Waals surface area (Å²) in [4.78, 5) is 8.18. The predicted molar refractivity (Wildman–Crippen MR) is 134 cm³/mol. The minimum atomic E-state index is -0.560. The number of H-pyrrole nitrogens is 1. The molecule has 0 saturated carbocycles. The number of rotatable bonds is 8. The van der Waals surface area contributed by atoms with Crippen LogP contribution in [0.4, 0.5) is 4.39 Å². The minimum absolute atomic E-state index is 0.0749. The Morgan fingerprint density at radius 2 is 1.97 bits per heavy atom. The maximum absolute atomic E-state index is 12.5. The summed E-state index contributed by atoms with van der Waals surface area (Å²) in [6.07, 6.45) is 1.54. The number of aliphatic hydroxyl groups is 1. The molecule has 3 aromatic rings. The van der Waals surface area contributed by atoms with Gasteiger partial charge in [-0.05, 0) is 48.6 Å². The lowest BCUT2D eigenvalue weighted by Crippen LogP contribution is -2.35. The summed E-state index contributed by atoms with van der Waals surface area (Å²) in [7, 11) is 0. The summed E-state index contributed by atoms with van der Waals surface area (Å²) < 4.78 is 18.6. The molecule has 2 aliphatic rings. The number of para-hydroxylation sites is 1. The zero-order valence-corrected chi connectivity index (χ0v) is 19.8. The number of aliphatic hydroxyl groups excluding tert-OH is 1. The van der Waals surface area contributed by atoms with Crippen molar-refractivity contribution in [2.45, 2.75) is 44.4 Å². The van der Waals surface area contributed by atoms with Crippen LogP contribution >= 0.6 is 0 Å². The van der Waals surface area contributed by atoms with Crippen LogP contribution in [0.25, 0.3) is 10.9 Å². The average molecular weight is 464 g/mol. The van der Waals surface area contributed by atoms with Crippen LogP contribution in [-0.4, -0.2) is 65.0 Å². The molecule has 34 heavy (non-hydrogen) atoms. The molecule has 0 amide bonds. The van der Waals surface area contributed by atoms with Crippen molar-refractivity contribution in [1.29, 1.82) is 0 Å². The maximum atomic E-state index is 12.5. The number of nitrogens with one attached hydrogen (secondary N) is 1. The van der Waals surface area contributed by atoms with Crippen LogP contribution in [0.1, 0.15) is 42.6 Å². The van der Waals surface area contributed by atoms with Crippen LogP contribution in [0.2, 0.25) is 0 Å². The van der Waals surface area contributed by atoms with E-state index in [1.807, 2.05) is 12.1 Å². The maximum Gasteiger partial charge on any atom is 0.138 e. The smallest absolute Gasteiger partial charge is 0.138 e. The second-order valence-corrected chi connectivity index (χ2v) is 9.42. The van der Waals surface area contributed by atoms with Crippen molar-refractivity contribution in [2.24, 2.45) is 0 Å². The Kier molecular flexibility index (Phi) is 6.61.